The average Bonchev–Trinajstić information content (AvgIpc) is 1.59. The molecule has 0 atom stereocenters. The number of hydrogen-bond donors (Lipinski definition) is 4. The second-order valence-corrected chi connectivity index (χ2v) is 5.97. The zero-order chi connectivity index (χ0) is 7.49. The topological polar surface area (TPSA) is 98.0 Å². The first-order valence-electron chi connectivity index (χ1n) is 2.31. The second kappa shape index (κ2) is 3.16. The molecule has 0 bridgehead atoms. The van der Waals surface area contributed by atoms with Gasteiger partial charge >= 0.3 is 54.2 Å². The summed E-state index contributed by atoms with van der Waals surface area (Å²) in [5.74, 6) is -1.14. The van der Waals surface area contributed by atoms with Gasteiger partial charge in [-0.1, -0.05) is 0 Å². The van der Waals surface area contributed by atoms with Crippen LogP contribution in [0, 0.1) is 0 Å². The molecular formula is C3H8GeO5. The summed E-state index contributed by atoms with van der Waals surface area (Å²) >= 11 is -4.54. The summed E-state index contributed by atoms with van der Waals surface area (Å²) in [5, 5.41) is 7.58. The molecule has 0 saturated heterocycles. The van der Waals surface area contributed by atoms with Gasteiger partial charge in [0.2, 0.25) is 0 Å². The van der Waals surface area contributed by atoms with Gasteiger partial charge < -0.3 is 0 Å². The van der Waals surface area contributed by atoms with E-state index in [0.717, 1.165) is 0 Å². The molecule has 0 radical (unpaired) electrons. The first kappa shape index (κ1) is 8.89. The van der Waals surface area contributed by atoms with Crippen molar-refractivity contribution in [2.75, 3.05) is 0 Å². The van der Waals surface area contributed by atoms with Gasteiger partial charge in [0.05, 0.1) is 0 Å². The van der Waals surface area contributed by atoms with Gasteiger partial charge in [0.15, 0.2) is 0 Å². The van der Waals surface area contributed by atoms with E-state index in [1.54, 1.807) is 0 Å². The van der Waals surface area contributed by atoms with Crippen LogP contribution in [0.5, 0.6) is 0 Å². The standard InChI is InChI=1S/C3H8GeO5/c5-3(6)1-2-4(7,8)9/h7-9H,1-2H2,(H,5,6). The molecule has 4 N–H and O–H groups in total. The number of carbonyl (C=O) groups is 1. The molecule has 54 valence electrons. The molecule has 0 aromatic heterocycles. The molecule has 0 saturated carbocycles. The third-order valence-corrected chi connectivity index (χ3v) is 2.61. The fraction of sp³-hybridized carbons (Fsp3) is 0.667. The quantitative estimate of drug-likeness (QED) is 0.407. The molecule has 0 aliphatic carbocycles. The summed E-state index contributed by atoms with van der Waals surface area (Å²) in [6.07, 6.45) is -0.385. The van der Waals surface area contributed by atoms with Crippen LogP contribution in [0.1, 0.15) is 6.42 Å². The van der Waals surface area contributed by atoms with Gasteiger partial charge in [-0.05, 0) is 0 Å². The average molecular weight is 197 g/mol. The van der Waals surface area contributed by atoms with E-state index in [9.17, 15) is 4.79 Å². The Kier molecular flexibility index (Phi) is 3.12. The normalized spacial score (nSPS) is 11.4. The number of carboxylic acid groups (broad SMARTS) is 1. The van der Waals surface area contributed by atoms with Crippen LogP contribution < -0.4 is 0 Å². The van der Waals surface area contributed by atoms with E-state index in [4.69, 9.17) is 17.5 Å². The Labute approximate surface area is 54.9 Å². The molecule has 0 amide bonds. The first-order valence-corrected chi connectivity index (χ1v) is 6.60. The van der Waals surface area contributed by atoms with Crippen molar-refractivity contribution >= 4 is 20.2 Å². The molecule has 0 unspecified atom stereocenters. The van der Waals surface area contributed by atoms with Crippen molar-refractivity contribution < 1.29 is 22.3 Å². The van der Waals surface area contributed by atoms with Crippen LogP contribution in [0.3, 0.4) is 0 Å². The molecule has 9 heavy (non-hydrogen) atoms. The monoisotopic (exact) mass is 198 g/mol. The summed E-state index contributed by atoms with van der Waals surface area (Å²) < 4.78 is 24.9. The van der Waals surface area contributed by atoms with Gasteiger partial charge in [-0.2, -0.15) is 0 Å². The fourth-order valence-corrected chi connectivity index (χ4v) is 1.43. The summed E-state index contributed by atoms with van der Waals surface area (Å²) in [6, 6.07) is 0. The Morgan fingerprint density at radius 3 is 1.89 bits per heavy atom. The zero-order valence-corrected chi connectivity index (χ0v) is 6.71. The summed E-state index contributed by atoms with van der Waals surface area (Å²) in [5.41, 5.74) is 0. The molecule has 5 nitrogen and oxygen atoms in total. The van der Waals surface area contributed by atoms with Gasteiger partial charge in [-0.15, -0.1) is 0 Å². The van der Waals surface area contributed by atoms with Crippen molar-refractivity contribution in [3.63, 3.8) is 0 Å². The Balaban J connectivity index is 3.39. The third kappa shape index (κ3) is 7.89. The Morgan fingerprint density at radius 1 is 1.33 bits per heavy atom. The summed E-state index contributed by atoms with van der Waals surface area (Å²) in [6.45, 7) is 0. The number of hydrogen-bond acceptors (Lipinski definition) is 4. The number of aliphatic carboxylic acids is 1. The van der Waals surface area contributed by atoms with Crippen molar-refractivity contribution in [1.29, 1.82) is 0 Å². The van der Waals surface area contributed by atoms with Gasteiger partial charge in [-0.25, -0.2) is 0 Å². The van der Waals surface area contributed by atoms with Crippen LogP contribution in [-0.2, 0) is 4.79 Å². The van der Waals surface area contributed by atoms with Crippen LogP contribution in [0.2, 0.25) is 5.25 Å². The minimum absolute atomic E-state index is 0.385. The van der Waals surface area contributed by atoms with E-state index in [-0.39, 0.29) is 6.42 Å². The summed E-state index contributed by atoms with van der Waals surface area (Å²) in [7, 11) is 0. The van der Waals surface area contributed by atoms with E-state index in [2.05, 4.69) is 0 Å². The maximum atomic E-state index is 9.74. The number of carboxylic acids is 1. The molecule has 0 aliphatic rings. The van der Waals surface area contributed by atoms with Gasteiger partial charge in [0.25, 0.3) is 0 Å². The van der Waals surface area contributed by atoms with Gasteiger partial charge in [-0.3, -0.25) is 0 Å². The van der Waals surface area contributed by atoms with E-state index in [1.807, 2.05) is 0 Å². The maximum absolute atomic E-state index is 9.74. The predicted molar refractivity (Wildman–Crippen MR) is 29.5 cm³/mol. The van der Waals surface area contributed by atoms with E-state index in [1.165, 1.54) is 0 Å². The van der Waals surface area contributed by atoms with Crippen LogP contribution in [-0.4, -0.2) is 37.8 Å². The Hall–Kier alpha value is -0.107. The van der Waals surface area contributed by atoms with Crippen molar-refractivity contribution in [3.05, 3.63) is 0 Å². The molecule has 0 aromatic rings. The number of rotatable bonds is 3. The fourth-order valence-electron chi connectivity index (χ4n) is 0.275. The Morgan fingerprint density at radius 2 is 1.78 bits per heavy atom. The van der Waals surface area contributed by atoms with E-state index >= 15 is 0 Å². The van der Waals surface area contributed by atoms with E-state index < -0.39 is 25.5 Å². The molecule has 0 heterocycles. The van der Waals surface area contributed by atoms with Crippen molar-refractivity contribution in [2.24, 2.45) is 0 Å². The third-order valence-electron chi connectivity index (χ3n) is 0.674. The molecule has 0 aromatic carbocycles. The van der Waals surface area contributed by atoms with Crippen molar-refractivity contribution in [1.82, 2.24) is 0 Å². The SMILES string of the molecule is O=C(O)C[CH2][Ge]([OH])([OH])[OH]. The summed E-state index contributed by atoms with van der Waals surface area (Å²) in [4.78, 5) is 9.74. The molecule has 0 rings (SSSR count). The van der Waals surface area contributed by atoms with Crippen LogP contribution in [0.4, 0.5) is 0 Å². The molecule has 0 aliphatic heterocycles. The van der Waals surface area contributed by atoms with Gasteiger partial charge in [0.1, 0.15) is 0 Å². The van der Waals surface area contributed by atoms with E-state index in [0.29, 0.717) is 0 Å². The van der Waals surface area contributed by atoms with Crippen LogP contribution >= 0.6 is 0 Å². The molecule has 0 fully saturated rings. The predicted octanol–water partition coefficient (Wildman–Crippen LogP) is -1.62. The first-order chi connectivity index (χ1) is 3.92. The minimum atomic E-state index is -4.54. The molecule has 0 spiro atoms. The van der Waals surface area contributed by atoms with Gasteiger partial charge in [0, 0.05) is 0 Å². The zero-order valence-electron chi connectivity index (χ0n) is 4.61. The Bertz CT molecular complexity index is 105. The second-order valence-electron chi connectivity index (χ2n) is 1.67. The van der Waals surface area contributed by atoms with Crippen molar-refractivity contribution in [3.8, 4) is 0 Å². The molecule has 6 heteroatoms. The van der Waals surface area contributed by atoms with Crippen LogP contribution in [0.25, 0.3) is 0 Å². The van der Waals surface area contributed by atoms with Crippen molar-refractivity contribution in [2.45, 2.75) is 11.7 Å². The van der Waals surface area contributed by atoms with Crippen LogP contribution in [0.15, 0.2) is 0 Å². The molecular weight excluding hydrogens is 189 g/mol.